The van der Waals surface area contributed by atoms with E-state index >= 15 is 0 Å². The number of hydrogen-bond acceptors (Lipinski definition) is 2. The highest BCUT2D eigenvalue weighted by Gasteiger charge is 2.52. The molecule has 102 valence electrons. The molecule has 20 heavy (non-hydrogen) atoms. The summed E-state index contributed by atoms with van der Waals surface area (Å²) in [5.74, 6) is 0.835. The van der Waals surface area contributed by atoms with E-state index in [9.17, 15) is 4.79 Å². The van der Waals surface area contributed by atoms with Gasteiger partial charge in [0, 0.05) is 11.3 Å². The maximum Gasteiger partial charge on any atom is 0.235 e. The predicted molar refractivity (Wildman–Crippen MR) is 79.0 cm³/mol. The highest BCUT2D eigenvalue weighted by Crippen LogP contribution is 2.51. The quantitative estimate of drug-likeness (QED) is 0.922. The Kier molecular flexibility index (Phi) is 3.18. The summed E-state index contributed by atoms with van der Waals surface area (Å²) in [6, 6.07) is 17.3. The minimum absolute atomic E-state index is 0.0493. The molecule has 1 aliphatic rings. The number of anilines is 1. The average molecular weight is 267 g/mol. The molecule has 1 amide bonds. The van der Waals surface area contributed by atoms with Crippen molar-refractivity contribution in [3.8, 4) is 5.75 Å². The minimum Gasteiger partial charge on any atom is -0.496 e. The number of carbonyl (C=O) groups excluding carboxylic acids is 1. The zero-order valence-electron chi connectivity index (χ0n) is 11.4. The molecule has 0 saturated heterocycles. The molecule has 0 heterocycles. The largest absolute Gasteiger partial charge is 0.496 e. The molecule has 0 spiro atoms. The first-order chi connectivity index (χ1) is 9.76. The predicted octanol–water partition coefficient (Wildman–Crippen LogP) is 3.37. The fourth-order valence-electron chi connectivity index (χ4n) is 2.56. The second-order valence-electron chi connectivity index (χ2n) is 5.10. The molecule has 1 fully saturated rings. The van der Waals surface area contributed by atoms with Crippen LogP contribution < -0.4 is 10.1 Å². The Bertz CT molecular complexity index is 618. The van der Waals surface area contributed by atoms with Crippen LogP contribution in [0.15, 0.2) is 54.6 Å². The summed E-state index contributed by atoms with van der Waals surface area (Å²) < 4.78 is 5.39. The van der Waals surface area contributed by atoms with Crippen LogP contribution >= 0.6 is 0 Å². The van der Waals surface area contributed by atoms with Crippen LogP contribution in [0.3, 0.4) is 0 Å². The van der Waals surface area contributed by atoms with E-state index in [-0.39, 0.29) is 5.91 Å². The highest BCUT2D eigenvalue weighted by molar-refractivity contribution is 6.01. The van der Waals surface area contributed by atoms with Gasteiger partial charge < -0.3 is 10.1 Å². The normalized spacial score (nSPS) is 15.4. The van der Waals surface area contributed by atoms with Gasteiger partial charge in [-0.2, -0.15) is 0 Å². The van der Waals surface area contributed by atoms with Crippen molar-refractivity contribution in [1.29, 1.82) is 0 Å². The molecule has 3 rings (SSSR count). The Morgan fingerprint density at radius 3 is 2.35 bits per heavy atom. The van der Waals surface area contributed by atoms with E-state index in [1.54, 1.807) is 7.11 Å². The number of hydrogen-bond donors (Lipinski definition) is 1. The molecule has 3 heteroatoms. The lowest BCUT2D eigenvalue weighted by molar-refractivity contribution is -0.118. The van der Waals surface area contributed by atoms with Gasteiger partial charge in [0.2, 0.25) is 5.91 Å². The molecule has 1 N–H and O–H groups in total. The van der Waals surface area contributed by atoms with Crippen LogP contribution in [-0.4, -0.2) is 13.0 Å². The summed E-state index contributed by atoms with van der Waals surface area (Å²) in [4.78, 5) is 12.6. The van der Waals surface area contributed by atoms with Gasteiger partial charge in [0.15, 0.2) is 0 Å². The van der Waals surface area contributed by atoms with E-state index < -0.39 is 5.41 Å². The van der Waals surface area contributed by atoms with Crippen molar-refractivity contribution >= 4 is 11.6 Å². The van der Waals surface area contributed by atoms with Crippen LogP contribution in [-0.2, 0) is 10.2 Å². The van der Waals surface area contributed by atoms with E-state index in [1.807, 2.05) is 54.6 Å². The number of amides is 1. The summed E-state index contributed by atoms with van der Waals surface area (Å²) in [6.45, 7) is 0. The van der Waals surface area contributed by atoms with Gasteiger partial charge in [-0.25, -0.2) is 0 Å². The fraction of sp³-hybridized carbons (Fsp3) is 0.235. The number of rotatable bonds is 4. The Hall–Kier alpha value is -2.29. The Balaban J connectivity index is 1.87. The van der Waals surface area contributed by atoms with Crippen molar-refractivity contribution < 1.29 is 9.53 Å². The monoisotopic (exact) mass is 267 g/mol. The van der Waals surface area contributed by atoms with E-state index in [4.69, 9.17) is 4.74 Å². The van der Waals surface area contributed by atoms with Gasteiger partial charge in [0.1, 0.15) is 5.75 Å². The van der Waals surface area contributed by atoms with Crippen molar-refractivity contribution in [3.63, 3.8) is 0 Å². The summed E-state index contributed by atoms with van der Waals surface area (Å²) in [5.41, 5.74) is 1.39. The Morgan fingerprint density at radius 2 is 1.70 bits per heavy atom. The van der Waals surface area contributed by atoms with Crippen molar-refractivity contribution in [2.24, 2.45) is 0 Å². The molecule has 0 aliphatic heterocycles. The number of methoxy groups -OCH3 is 1. The molecule has 3 nitrogen and oxygen atoms in total. The van der Waals surface area contributed by atoms with E-state index in [2.05, 4.69) is 5.32 Å². The first-order valence-corrected chi connectivity index (χ1v) is 6.76. The number of ether oxygens (including phenoxy) is 1. The molecule has 2 aromatic rings. The molecule has 0 unspecified atom stereocenters. The molecule has 0 bridgehead atoms. The first-order valence-electron chi connectivity index (χ1n) is 6.76. The van der Waals surface area contributed by atoms with E-state index in [0.29, 0.717) is 0 Å². The zero-order valence-corrected chi connectivity index (χ0v) is 11.4. The zero-order chi connectivity index (χ0) is 14.0. The molecule has 1 saturated carbocycles. The Labute approximate surface area is 118 Å². The molecule has 2 aromatic carbocycles. The number of para-hydroxylation sites is 2. The van der Waals surface area contributed by atoms with Crippen LogP contribution in [0.25, 0.3) is 0 Å². The van der Waals surface area contributed by atoms with Crippen LogP contribution in [0.5, 0.6) is 5.75 Å². The topological polar surface area (TPSA) is 38.3 Å². The van der Waals surface area contributed by atoms with Gasteiger partial charge in [-0.3, -0.25) is 4.79 Å². The maximum atomic E-state index is 12.6. The SMILES string of the molecule is COc1ccccc1C1(C(=O)Nc2ccccc2)CC1. The second-order valence-corrected chi connectivity index (χ2v) is 5.10. The van der Waals surface area contributed by atoms with Crippen molar-refractivity contribution in [2.45, 2.75) is 18.3 Å². The third-order valence-corrected chi connectivity index (χ3v) is 3.84. The van der Waals surface area contributed by atoms with E-state index in [1.165, 1.54) is 0 Å². The lowest BCUT2D eigenvalue weighted by Gasteiger charge is -2.18. The standard InChI is InChI=1S/C17H17NO2/c1-20-15-10-6-5-9-14(15)17(11-12-17)16(19)18-13-7-3-2-4-8-13/h2-10H,11-12H2,1H3,(H,18,19). The van der Waals surface area contributed by atoms with Gasteiger partial charge in [0.05, 0.1) is 12.5 Å². The van der Waals surface area contributed by atoms with Crippen LogP contribution in [0.4, 0.5) is 5.69 Å². The fourth-order valence-corrected chi connectivity index (χ4v) is 2.56. The van der Waals surface area contributed by atoms with Crippen molar-refractivity contribution in [2.75, 3.05) is 12.4 Å². The molecule has 0 atom stereocenters. The molecule has 1 aliphatic carbocycles. The van der Waals surface area contributed by atoms with Crippen LogP contribution in [0.1, 0.15) is 18.4 Å². The number of nitrogens with one attached hydrogen (secondary N) is 1. The summed E-state index contributed by atoms with van der Waals surface area (Å²) in [6.07, 6.45) is 1.73. The lowest BCUT2D eigenvalue weighted by Crippen LogP contribution is -2.28. The molecule has 0 aromatic heterocycles. The van der Waals surface area contributed by atoms with E-state index in [0.717, 1.165) is 29.8 Å². The maximum absolute atomic E-state index is 12.6. The first kappa shape index (κ1) is 12.7. The van der Waals surface area contributed by atoms with Crippen LogP contribution in [0, 0.1) is 0 Å². The van der Waals surface area contributed by atoms with Gasteiger partial charge >= 0.3 is 0 Å². The lowest BCUT2D eigenvalue weighted by atomic mass is 9.94. The second kappa shape index (κ2) is 5.00. The molecular weight excluding hydrogens is 250 g/mol. The minimum atomic E-state index is -0.428. The highest BCUT2D eigenvalue weighted by atomic mass is 16.5. The van der Waals surface area contributed by atoms with Gasteiger partial charge in [-0.05, 0) is 31.0 Å². The van der Waals surface area contributed by atoms with Crippen molar-refractivity contribution in [1.82, 2.24) is 0 Å². The average Bonchev–Trinajstić information content (AvgIpc) is 3.30. The molecule has 0 radical (unpaired) electrons. The van der Waals surface area contributed by atoms with Crippen LogP contribution in [0.2, 0.25) is 0 Å². The third-order valence-electron chi connectivity index (χ3n) is 3.84. The summed E-state index contributed by atoms with van der Waals surface area (Å²) >= 11 is 0. The third kappa shape index (κ3) is 2.16. The number of carbonyl (C=O) groups is 1. The number of benzene rings is 2. The van der Waals surface area contributed by atoms with Gasteiger partial charge in [0.25, 0.3) is 0 Å². The Morgan fingerprint density at radius 1 is 1.05 bits per heavy atom. The molecular formula is C17H17NO2. The smallest absolute Gasteiger partial charge is 0.235 e. The van der Waals surface area contributed by atoms with Gasteiger partial charge in [-0.15, -0.1) is 0 Å². The summed E-state index contributed by atoms with van der Waals surface area (Å²) in [7, 11) is 1.64. The summed E-state index contributed by atoms with van der Waals surface area (Å²) in [5, 5.41) is 3.00. The van der Waals surface area contributed by atoms with Crippen molar-refractivity contribution in [3.05, 3.63) is 60.2 Å². The van der Waals surface area contributed by atoms with Gasteiger partial charge in [-0.1, -0.05) is 36.4 Å².